The molecule has 0 aromatic heterocycles. The van der Waals surface area contributed by atoms with E-state index in [9.17, 15) is 0 Å². The Morgan fingerprint density at radius 2 is 1.59 bits per heavy atom. The second-order valence-electron chi connectivity index (χ2n) is 4.30. The van der Waals surface area contributed by atoms with E-state index in [-0.39, 0.29) is 12.4 Å². The standard InChI is InChI=1S/C11H19N5.ClH/c12-10-14-11(15-6-2-1-3-7-15)16-8-4-13-5-9-16;/h13H,1-9H2;1H. The molecule has 5 nitrogen and oxygen atoms in total. The Balaban J connectivity index is 0.00000144. The highest BCUT2D eigenvalue weighted by atomic mass is 35.5. The van der Waals surface area contributed by atoms with E-state index in [0.717, 1.165) is 45.2 Å². The first kappa shape index (κ1) is 14.1. The fourth-order valence-electron chi connectivity index (χ4n) is 2.34. The van der Waals surface area contributed by atoms with Gasteiger partial charge in [-0.25, -0.2) is 0 Å². The van der Waals surface area contributed by atoms with Crippen LogP contribution in [0.4, 0.5) is 0 Å². The molecule has 2 aliphatic heterocycles. The Bertz CT molecular complexity index is 267. The minimum absolute atomic E-state index is 0. The molecule has 2 saturated heterocycles. The molecule has 6 heteroatoms. The summed E-state index contributed by atoms with van der Waals surface area (Å²) in [7, 11) is 0. The van der Waals surface area contributed by atoms with E-state index in [1.165, 1.54) is 19.3 Å². The highest BCUT2D eigenvalue weighted by Crippen LogP contribution is 2.11. The van der Waals surface area contributed by atoms with Crippen LogP contribution >= 0.6 is 12.4 Å². The summed E-state index contributed by atoms with van der Waals surface area (Å²) in [6, 6.07) is 0. The second kappa shape index (κ2) is 7.36. The summed E-state index contributed by atoms with van der Waals surface area (Å²) in [6.45, 7) is 5.97. The number of piperidine rings is 1. The molecule has 0 unspecified atom stereocenters. The molecule has 2 fully saturated rings. The number of piperazine rings is 1. The van der Waals surface area contributed by atoms with Gasteiger partial charge in [0.05, 0.1) is 0 Å². The number of nitrogens with one attached hydrogen (secondary N) is 1. The van der Waals surface area contributed by atoms with Crippen LogP contribution in [0, 0.1) is 11.5 Å². The summed E-state index contributed by atoms with van der Waals surface area (Å²) < 4.78 is 0. The summed E-state index contributed by atoms with van der Waals surface area (Å²) in [6.07, 6.45) is 5.69. The summed E-state index contributed by atoms with van der Waals surface area (Å²) in [5.41, 5.74) is 0. The molecular weight excluding hydrogens is 238 g/mol. The number of likely N-dealkylation sites (tertiary alicyclic amines) is 1. The summed E-state index contributed by atoms with van der Waals surface area (Å²) in [5.74, 6) is 0.892. The van der Waals surface area contributed by atoms with Crippen molar-refractivity contribution in [3.05, 3.63) is 0 Å². The van der Waals surface area contributed by atoms with Crippen molar-refractivity contribution >= 4 is 18.4 Å². The van der Waals surface area contributed by atoms with E-state index in [1.807, 2.05) is 6.19 Å². The SMILES string of the molecule is Cl.N#CN=C(N1CCCCC1)N1CCNCC1. The lowest BCUT2D eigenvalue weighted by Gasteiger charge is -2.37. The van der Waals surface area contributed by atoms with Crippen LogP contribution < -0.4 is 5.32 Å². The van der Waals surface area contributed by atoms with Gasteiger partial charge in [-0.05, 0) is 19.3 Å². The van der Waals surface area contributed by atoms with Crippen LogP contribution in [-0.2, 0) is 0 Å². The predicted octanol–water partition coefficient (Wildman–Crippen LogP) is 0.636. The first-order chi connectivity index (χ1) is 7.92. The average Bonchev–Trinajstić information content (AvgIpc) is 2.38. The maximum atomic E-state index is 8.79. The molecule has 0 aliphatic carbocycles. The van der Waals surface area contributed by atoms with Gasteiger partial charge in [0.25, 0.3) is 0 Å². The van der Waals surface area contributed by atoms with Crippen molar-refractivity contribution < 1.29 is 0 Å². The molecule has 2 heterocycles. The van der Waals surface area contributed by atoms with E-state index in [2.05, 4.69) is 20.1 Å². The molecule has 0 spiro atoms. The van der Waals surface area contributed by atoms with Gasteiger partial charge < -0.3 is 15.1 Å². The highest BCUT2D eigenvalue weighted by Gasteiger charge is 2.21. The number of nitrogens with zero attached hydrogens (tertiary/aromatic N) is 4. The number of guanidine groups is 1. The fraction of sp³-hybridized carbons (Fsp3) is 0.818. The zero-order valence-corrected chi connectivity index (χ0v) is 10.9. The number of rotatable bonds is 0. The molecule has 96 valence electrons. The molecular formula is C11H20ClN5. The lowest BCUT2D eigenvalue weighted by Crippen LogP contribution is -2.53. The van der Waals surface area contributed by atoms with Crippen LogP contribution in [0.5, 0.6) is 0 Å². The maximum absolute atomic E-state index is 8.79. The van der Waals surface area contributed by atoms with E-state index >= 15 is 0 Å². The first-order valence-corrected chi connectivity index (χ1v) is 6.09. The Hall–Kier alpha value is -0.990. The zero-order valence-electron chi connectivity index (χ0n) is 10.1. The van der Waals surface area contributed by atoms with Crippen LogP contribution in [-0.4, -0.2) is 55.0 Å². The van der Waals surface area contributed by atoms with Gasteiger partial charge in [0, 0.05) is 39.3 Å². The van der Waals surface area contributed by atoms with Gasteiger partial charge in [-0.1, -0.05) is 0 Å². The van der Waals surface area contributed by atoms with Crippen molar-refractivity contribution in [3.8, 4) is 6.19 Å². The van der Waals surface area contributed by atoms with Crippen LogP contribution in [0.2, 0.25) is 0 Å². The molecule has 2 rings (SSSR count). The lowest BCUT2D eigenvalue weighted by molar-refractivity contribution is 0.264. The molecule has 0 aromatic carbocycles. The Kier molecular flexibility index (Phi) is 6.09. The third-order valence-electron chi connectivity index (χ3n) is 3.19. The van der Waals surface area contributed by atoms with E-state index in [0.29, 0.717) is 0 Å². The molecule has 17 heavy (non-hydrogen) atoms. The maximum Gasteiger partial charge on any atom is 0.212 e. The smallest absolute Gasteiger partial charge is 0.212 e. The average molecular weight is 258 g/mol. The largest absolute Gasteiger partial charge is 0.342 e. The van der Waals surface area contributed by atoms with Crippen LogP contribution in [0.3, 0.4) is 0 Å². The summed E-state index contributed by atoms with van der Waals surface area (Å²) in [5, 5.41) is 12.1. The van der Waals surface area contributed by atoms with E-state index in [4.69, 9.17) is 5.26 Å². The topological polar surface area (TPSA) is 54.7 Å². The number of aliphatic imine (C=N–C) groups is 1. The molecule has 0 radical (unpaired) electrons. The number of halogens is 1. The molecule has 0 saturated carbocycles. The first-order valence-electron chi connectivity index (χ1n) is 6.09. The van der Waals surface area contributed by atoms with Gasteiger partial charge in [-0.15, -0.1) is 17.4 Å². The predicted molar refractivity (Wildman–Crippen MR) is 70.2 cm³/mol. The van der Waals surface area contributed by atoms with Crippen molar-refractivity contribution in [1.82, 2.24) is 15.1 Å². The molecule has 0 aromatic rings. The zero-order chi connectivity index (χ0) is 11.2. The van der Waals surface area contributed by atoms with Crippen LogP contribution in [0.1, 0.15) is 19.3 Å². The fourth-order valence-corrected chi connectivity index (χ4v) is 2.34. The van der Waals surface area contributed by atoms with Gasteiger partial charge >= 0.3 is 0 Å². The number of hydrogen-bond acceptors (Lipinski definition) is 3. The number of hydrogen-bond donors (Lipinski definition) is 1. The van der Waals surface area contributed by atoms with E-state index < -0.39 is 0 Å². The van der Waals surface area contributed by atoms with E-state index in [1.54, 1.807) is 0 Å². The minimum Gasteiger partial charge on any atom is -0.342 e. The van der Waals surface area contributed by atoms with Gasteiger partial charge in [0.2, 0.25) is 12.2 Å². The van der Waals surface area contributed by atoms with Gasteiger partial charge in [-0.2, -0.15) is 5.26 Å². The van der Waals surface area contributed by atoms with Gasteiger partial charge in [0.1, 0.15) is 0 Å². The molecule has 0 atom stereocenters. The summed E-state index contributed by atoms with van der Waals surface area (Å²) in [4.78, 5) is 8.51. The Labute approximate surface area is 109 Å². The Morgan fingerprint density at radius 1 is 1.00 bits per heavy atom. The van der Waals surface area contributed by atoms with Crippen molar-refractivity contribution in [2.75, 3.05) is 39.3 Å². The third kappa shape index (κ3) is 3.76. The molecule has 2 aliphatic rings. The molecule has 0 amide bonds. The molecule has 0 bridgehead atoms. The highest BCUT2D eigenvalue weighted by molar-refractivity contribution is 5.85. The van der Waals surface area contributed by atoms with Crippen molar-refractivity contribution in [1.29, 1.82) is 5.26 Å². The lowest BCUT2D eigenvalue weighted by atomic mass is 10.1. The third-order valence-corrected chi connectivity index (χ3v) is 3.19. The normalized spacial score (nSPS) is 21.7. The summed E-state index contributed by atoms with van der Waals surface area (Å²) >= 11 is 0. The van der Waals surface area contributed by atoms with Gasteiger partial charge in [0.15, 0.2) is 0 Å². The van der Waals surface area contributed by atoms with Crippen LogP contribution in [0.15, 0.2) is 4.99 Å². The molecule has 1 N–H and O–H groups in total. The van der Waals surface area contributed by atoms with Crippen LogP contribution in [0.25, 0.3) is 0 Å². The van der Waals surface area contributed by atoms with Crippen molar-refractivity contribution in [2.24, 2.45) is 4.99 Å². The quantitative estimate of drug-likeness (QED) is 0.393. The number of nitriles is 1. The van der Waals surface area contributed by atoms with Crippen molar-refractivity contribution in [2.45, 2.75) is 19.3 Å². The monoisotopic (exact) mass is 257 g/mol. The minimum atomic E-state index is 0. The van der Waals surface area contributed by atoms with Crippen molar-refractivity contribution in [3.63, 3.8) is 0 Å². The second-order valence-corrected chi connectivity index (χ2v) is 4.30. The Morgan fingerprint density at radius 3 is 2.18 bits per heavy atom. The van der Waals surface area contributed by atoms with Gasteiger partial charge in [-0.3, -0.25) is 0 Å².